The number of nitrogens with one attached hydrogen (secondary N) is 1. The number of aryl methyl sites for hydroxylation is 3. The summed E-state index contributed by atoms with van der Waals surface area (Å²) in [4.78, 5) is 12.4. The minimum absolute atomic E-state index is 0.262. The van der Waals surface area contributed by atoms with Crippen LogP contribution in [0.1, 0.15) is 36.6 Å². The minimum atomic E-state index is -0.262. The van der Waals surface area contributed by atoms with Gasteiger partial charge in [-0.15, -0.1) is 0 Å². The summed E-state index contributed by atoms with van der Waals surface area (Å²) in [6.45, 7) is 6.65. The van der Waals surface area contributed by atoms with Crippen molar-refractivity contribution in [2.75, 3.05) is 19.5 Å². The maximum absolute atomic E-state index is 12.4. The van der Waals surface area contributed by atoms with Crippen molar-refractivity contribution in [2.24, 2.45) is 0 Å². The maximum atomic E-state index is 12.4. The Morgan fingerprint density at radius 2 is 1.93 bits per heavy atom. The van der Waals surface area contributed by atoms with Gasteiger partial charge in [0.2, 0.25) is 5.91 Å². The van der Waals surface area contributed by atoms with E-state index in [1.165, 1.54) is 6.08 Å². The monoisotopic (exact) mass is 391 g/mol. The maximum Gasteiger partial charge on any atom is 0.248 e. The molecule has 146 valence electrons. The fraction of sp³-hybridized carbons (Fsp3) is 0.400. The summed E-state index contributed by atoms with van der Waals surface area (Å²) in [7, 11) is 3.13. The molecule has 1 heterocycles. The van der Waals surface area contributed by atoms with Gasteiger partial charge in [0.25, 0.3) is 0 Å². The second kappa shape index (κ2) is 9.46. The Kier molecular flexibility index (Phi) is 7.30. The van der Waals surface area contributed by atoms with Gasteiger partial charge in [0.1, 0.15) is 5.15 Å². The van der Waals surface area contributed by atoms with E-state index in [2.05, 4.69) is 17.3 Å². The van der Waals surface area contributed by atoms with E-state index in [0.29, 0.717) is 22.3 Å². The van der Waals surface area contributed by atoms with Crippen molar-refractivity contribution in [1.82, 2.24) is 9.78 Å². The van der Waals surface area contributed by atoms with Gasteiger partial charge in [0.05, 0.1) is 19.9 Å². The first kappa shape index (κ1) is 20.8. The highest BCUT2D eigenvalue weighted by molar-refractivity contribution is 6.31. The van der Waals surface area contributed by atoms with Gasteiger partial charge in [-0.2, -0.15) is 5.10 Å². The highest BCUT2D eigenvalue weighted by atomic mass is 35.5. The molecule has 0 aliphatic rings. The highest BCUT2D eigenvalue weighted by Gasteiger charge is 2.12. The van der Waals surface area contributed by atoms with Gasteiger partial charge in [-0.25, -0.2) is 0 Å². The number of carbonyl (C=O) groups excluding carboxylic acids is 1. The summed E-state index contributed by atoms with van der Waals surface area (Å²) in [5.74, 6) is 0.908. The number of ether oxygens (including phenoxy) is 2. The molecule has 0 aliphatic carbocycles. The largest absolute Gasteiger partial charge is 0.493 e. The number of methoxy groups -OCH3 is 2. The second-order valence-electron chi connectivity index (χ2n) is 6.21. The molecular weight excluding hydrogens is 366 g/mol. The molecule has 7 heteroatoms. The van der Waals surface area contributed by atoms with Crippen LogP contribution in [0.4, 0.5) is 5.69 Å². The van der Waals surface area contributed by atoms with Gasteiger partial charge in [-0.05, 0) is 38.0 Å². The third-order valence-electron chi connectivity index (χ3n) is 4.22. The lowest BCUT2D eigenvalue weighted by Gasteiger charge is -2.12. The predicted molar refractivity (Wildman–Crippen MR) is 109 cm³/mol. The van der Waals surface area contributed by atoms with Crippen molar-refractivity contribution in [3.8, 4) is 11.5 Å². The highest BCUT2D eigenvalue weighted by Crippen LogP contribution is 2.33. The first-order chi connectivity index (χ1) is 12.9. The normalized spacial score (nSPS) is 11.0. The molecule has 1 aromatic heterocycles. The average molecular weight is 392 g/mol. The van der Waals surface area contributed by atoms with Crippen molar-refractivity contribution in [3.63, 3.8) is 0 Å². The van der Waals surface area contributed by atoms with Crippen LogP contribution in [-0.2, 0) is 11.3 Å². The van der Waals surface area contributed by atoms with Crippen molar-refractivity contribution >= 4 is 29.3 Å². The van der Waals surface area contributed by atoms with Crippen molar-refractivity contribution in [3.05, 3.63) is 40.2 Å². The number of halogens is 1. The van der Waals surface area contributed by atoms with E-state index in [4.69, 9.17) is 21.1 Å². The van der Waals surface area contributed by atoms with Crippen LogP contribution >= 0.6 is 11.6 Å². The summed E-state index contributed by atoms with van der Waals surface area (Å²) >= 11 is 6.39. The molecule has 0 fully saturated rings. The number of hydrogen-bond acceptors (Lipinski definition) is 4. The summed E-state index contributed by atoms with van der Waals surface area (Å²) < 4.78 is 12.3. The van der Waals surface area contributed by atoms with Crippen molar-refractivity contribution in [2.45, 2.75) is 40.2 Å². The summed E-state index contributed by atoms with van der Waals surface area (Å²) in [5.41, 5.74) is 3.08. The van der Waals surface area contributed by atoms with Crippen molar-refractivity contribution in [1.29, 1.82) is 0 Å². The number of carbonyl (C=O) groups is 1. The van der Waals surface area contributed by atoms with Gasteiger partial charge >= 0.3 is 0 Å². The van der Waals surface area contributed by atoms with Crippen LogP contribution in [0, 0.1) is 13.8 Å². The fourth-order valence-corrected chi connectivity index (χ4v) is 2.98. The number of anilines is 1. The summed E-state index contributed by atoms with van der Waals surface area (Å²) in [6.07, 6.45) is 5.21. The predicted octanol–water partition coefficient (Wildman–Crippen LogP) is 4.62. The third kappa shape index (κ3) is 5.04. The quantitative estimate of drug-likeness (QED) is 0.666. The van der Waals surface area contributed by atoms with Gasteiger partial charge in [-0.3, -0.25) is 9.48 Å². The molecule has 0 bridgehead atoms. The molecule has 0 aliphatic heterocycles. The minimum Gasteiger partial charge on any atom is -0.493 e. The van der Waals surface area contributed by atoms with E-state index in [-0.39, 0.29) is 5.91 Å². The Bertz CT molecular complexity index is 843. The Labute approximate surface area is 165 Å². The first-order valence-corrected chi connectivity index (χ1v) is 9.23. The van der Waals surface area contributed by atoms with E-state index < -0.39 is 0 Å². The van der Waals surface area contributed by atoms with Crippen LogP contribution in [-0.4, -0.2) is 29.9 Å². The molecule has 27 heavy (non-hydrogen) atoms. The van der Waals surface area contributed by atoms with Gasteiger partial charge in [-0.1, -0.05) is 24.9 Å². The Hall–Kier alpha value is -2.47. The molecule has 0 saturated carbocycles. The van der Waals surface area contributed by atoms with Crippen LogP contribution in [0.3, 0.4) is 0 Å². The Morgan fingerprint density at radius 1 is 1.26 bits per heavy atom. The van der Waals surface area contributed by atoms with Gasteiger partial charge < -0.3 is 14.8 Å². The topological polar surface area (TPSA) is 65.4 Å². The van der Waals surface area contributed by atoms with Crippen LogP contribution in [0.2, 0.25) is 5.15 Å². The zero-order chi connectivity index (χ0) is 20.0. The lowest BCUT2D eigenvalue weighted by molar-refractivity contribution is -0.111. The molecule has 1 amide bonds. The standard InChI is InChI=1S/C20H26ClN3O3/c1-6-7-10-24-20(21)15(14(3)23-24)8-9-19(25)22-16-12-18(27-5)17(26-4)11-13(16)2/h8-9,11-12H,6-7,10H2,1-5H3,(H,22,25). The fourth-order valence-electron chi connectivity index (χ4n) is 2.66. The third-order valence-corrected chi connectivity index (χ3v) is 4.62. The zero-order valence-electron chi connectivity index (χ0n) is 16.4. The lowest BCUT2D eigenvalue weighted by atomic mass is 10.1. The van der Waals surface area contributed by atoms with E-state index >= 15 is 0 Å². The van der Waals surface area contributed by atoms with Crippen LogP contribution in [0.5, 0.6) is 11.5 Å². The molecule has 0 saturated heterocycles. The smallest absolute Gasteiger partial charge is 0.248 e. The van der Waals surface area contributed by atoms with E-state index in [1.807, 2.05) is 19.9 Å². The molecule has 0 spiro atoms. The molecule has 6 nitrogen and oxygen atoms in total. The number of hydrogen-bond donors (Lipinski definition) is 1. The number of benzene rings is 1. The number of rotatable bonds is 8. The molecule has 1 N–H and O–H groups in total. The van der Waals surface area contributed by atoms with Crippen LogP contribution in [0.15, 0.2) is 18.2 Å². The Balaban J connectivity index is 2.15. The van der Waals surface area contributed by atoms with Crippen LogP contribution in [0.25, 0.3) is 6.08 Å². The molecule has 0 radical (unpaired) electrons. The van der Waals surface area contributed by atoms with Crippen LogP contribution < -0.4 is 14.8 Å². The first-order valence-electron chi connectivity index (χ1n) is 8.85. The summed E-state index contributed by atoms with van der Waals surface area (Å²) in [5, 5.41) is 7.84. The molecular formula is C20H26ClN3O3. The Morgan fingerprint density at radius 3 is 2.56 bits per heavy atom. The molecule has 0 atom stereocenters. The number of amides is 1. The lowest BCUT2D eigenvalue weighted by Crippen LogP contribution is -2.09. The van der Waals surface area contributed by atoms with E-state index in [0.717, 1.165) is 36.2 Å². The SMILES string of the molecule is CCCCn1nc(C)c(C=CC(=O)Nc2cc(OC)c(OC)cc2C)c1Cl. The molecule has 2 aromatic rings. The molecule has 0 unspecified atom stereocenters. The number of nitrogens with zero attached hydrogens (tertiary/aromatic N) is 2. The average Bonchev–Trinajstić information content (AvgIpc) is 2.92. The molecule has 2 rings (SSSR count). The number of unbranched alkanes of at least 4 members (excludes halogenated alkanes) is 1. The molecule has 1 aromatic carbocycles. The second-order valence-corrected chi connectivity index (χ2v) is 6.57. The summed E-state index contributed by atoms with van der Waals surface area (Å²) in [6, 6.07) is 3.55. The van der Waals surface area contributed by atoms with E-state index in [9.17, 15) is 4.79 Å². The van der Waals surface area contributed by atoms with E-state index in [1.54, 1.807) is 31.0 Å². The van der Waals surface area contributed by atoms with Gasteiger partial charge in [0, 0.05) is 29.9 Å². The number of aromatic nitrogens is 2. The van der Waals surface area contributed by atoms with Gasteiger partial charge in [0.15, 0.2) is 11.5 Å². The van der Waals surface area contributed by atoms with Crippen molar-refractivity contribution < 1.29 is 14.3 Å². The zero-order valence-corrected chi connectivity index (χ0v) is 17.2.